The molecule has 0 heterocycles. The van der Waals surface area contributed by atoms with Crippen molar-refractivity contribution in [3.8, 4) is 0 Å². The highest BCUT2D eigenvalue weighted by atomic mass is 32.2. The van der Waals surface area contributed by atoms with Crippen molar-refractivity contribution < 1.29 is 4.55 Å². The van der Waals surface area contributed by atoms with E-state index in [9.17, 15) is 4.55 Å². The van der Waals surface area contributed by atoms with E-state index in [1.807, 2.05) is 0 Å². The summed E-state index contributed by atoms with van der Waals surface area (Å²) >= 11 is 0.710. The van der Waals surface area contributed by atoms with Crippen molar-refractivity contribution in [3.05, 3.63) is 0 Å². The lowest BCUT2D eigenvalue weighted by atomic mass is 10.2. The maximum Gasteiger partial charge on any atom is 0.0326 e. The van der Waals surface area contributed by atoms with E-state index in [0.29, 0.717) is 12.0 Å². The lowest BCUT2D eigenvalue weighted by molar-refractivity contribution is 0.528. The maximum atomic E-state index is 9.88. The van der Waals surface area contributed by atoms with Gasteiger partial charge in [0.15, 0.2) is 0 Å². The summed E-state index contributed by atoms with van der Waals surface area (Å²) in [7, 11) is 0. The summed E-state index contributed by atoms with van der Waals surface area (Å²) < 4.78 is 9.88. The van der Waals surface area contributed by atoms with Gasteiger partial charge in [-0.1, -0.05) is 32.6 Å². The molecule has 0 rings (SSSR count). The molecule has 0 unspecified atom stereocenters. The Labute approximate surface area is 62.1 Å². The van der Waals surface area contributed by atoms with Crippen LogP contribution >= 0.6 is 12.0 Å². The molecule has 1 nitrogen and oxygen atoms in total. The summed E-state index contributed by atoms with van der Waals surface area (Å²) in [5, 5.41) is 0. The van der Waals surface area contributed by atoms with E-state index in [4.69, 9.17) is 0 Å². The van der Waals surface area contributed by atoms with Crippen LogP contribution in [-0.2, 0) is 4.55 Å². The van der Waals surface area contributed by atoms with Gasteiger partial charge in [-0.25, -0.2) is 0 Å². The minimum Gasteiger partial charge on any atom is -0.151 e. The van der Waals surface area contributed by atoms with Crippen molar-refractivity contribution in [1.82, 2.24) is 0 Å². The van der Waals surface area contributed by atoms with Crippen molar-refractivity contribution in [2.75, 3.05) is 5.75 Å². The Morgan fingerprint density at radius 3 is 2.33 bits per heavy atom. The summed E-state index contributed by atoms with van der Waals surface area (Å²) in [4.78, 5) is 0. The summed E-state index contributed by atoms with van der Waals surface area (Å²) in [6.07, 6.45) is 6.25. The SMILES string of the molecule is CCCCCCCS[O]. The molecule has 0 bridgehead atoms. The Kier molecular flexibility index (Phi) is 8.60. The Morgan fingerprint density at radius 2 is 1.78 bits per heavy atom. The topological polar surface area (TPSA) is 19.9 Å². The molecule has 0 amide bonds. The number of rotatable bonds is 6. The van der Waals surface area contributed by atoms with Crippen LogP contribution in [0, 0.1) is 0 Å². The van der Waals surface area contributed by atoms with Crippen LogP contribution in [0.3, 0.4) is 0 Å². The lowest BCUT2D eigenvalue weighted by Gasteiger charge is -1.94. The van der Waals surface area contributed by atoms with E-state index in [1.165, 1.54) is 25.7 Å². The molecule has 0 fully saturated rings. The fraction of sp³-hybridized carbons (Fsp3) is 1.00. The molecule has 0 saturated carbocycles. The van der Waals surface area contributed by atoms with Gasteiger partial charge in [0, 0.05) is 17.8 Å². The van der Waals surface area contributed by atoms with Gasteiger partial charge in [-0.3, -0.25) is 0 Å². The van der Waals surface area contributed by atoms with Crippen molar-refractivity contribution >= 4 is 12.0 Å². The first kappa shape index (κ1) is 9.31. The predicted molar refractivity (Wildman–Crippen MR) is 41.9 cm³/mol. The van der Waals surface area contributed by atoms with E-state index in [1.54, 1.807) is 0 Å². The van der Waals surface area contributed by atoms with Crippen molar-refractivity contribution in [1.29, 1.82) is 0 Å². The third-order valence-electron chi connectivity index (χ3n) is 1.33. The zero-order valence-electron chi connectivity index (χ0n) is 6.06. The normalized spacial score (nSPS) is 10.0. The van der Waals surface area contributed by atoms with E-state index in [-0.39, 0.29) is 0 Å². The first-order valence-electron chi connectivity index (χ1n) is 3.66. The molecular formula is C7H15OS. The molecule has 0 aromatic carbocycles. The van der Waals surface area contributed by atoms with Crippen LogP contribution < -0.4 is 0 Å². The molecular weight excluding hydrogens is 132 g/mol. The van der Waals surface area contributed by atoms with Crippen LogP contribution in [-0.4, -0.2) is 5.75 Å². The zero-order valence-corrected chi connectivity index (χ0v) is 6.88. The second kappa shape index (κ2) is 8.31. The van der Waals surface area contributed by atoms with Gasteiger partial charge in [-0.15, -0.1) is 0 Å². The Balaban J connectivity index is 2.60. The minimum absolute atomic E-state index is 0.710. The minimum atomic E-state index is 0.710. The molecule has 1 radical (unpaired) electrons. The molecule has 0 aromatic heterocycles. The molecule has 2 heteroatoms. The molecule has 55 valence electrons. The highest BCUT2D eigenvalue weighted by Gasteiger charge is 1.87. The van der Waals surface area contributed by atoms with Crippen LogP contribution in [0.25, 0.3) is 0 Å². The van der Waals surface area contributed by atoms with Gasteiger partial charge in [0.1, 0.15) is 0 Å². The average molecular weight is 147 g/mol. The summed E-state index contributed by atoms with van der Waals surface area (Å²) in [5.74, 6) is 0.795. The van der Waals surface area contributed by atoms with E-state index >= 15 is 0 Å². The molecule has 0 spiro atoms. The fourth-order valence-corrected chi connectivity index (χ4v) is 1.09. The number of unbranched alkanes of at least 4 members (excludes halogenated alkanes) is 4. The van der Waals surface area contributed by atoms with Gasteiger partial charge in [-0.05, 0) is 6.42 Å². The van der Waals surface area contributed by atoms with Gasteiger partial charge < -0.3 is 0 Å². The first-order valence-corrected chi connectivity index (χ1v) is 4.57. The first-order chi connectivity index (χ1) is 4.41. The molecule has 0 aliphatic rings. The second-order valence-corrected chi connectivity index (χ2v) is 2.88. The van der Waals surface area contributed by atoms with Crippen LogP contribution in [0.15, 0.2) is 0 Å². The maximum absolute atomic E-state index is 9.88. The van der Waals surface area contributed by atoms with Crippen molar-refractivity contribution in [2.24, 2.45) is 0 Å². The van der Waals surface area contributed by atoms with Gasteiger partial charge >= 0.3 is 0 Å². The van der Waals surface area contributed by atoms with E-state index < -0.39 is 0 Å². The highest BCUT2D eigenvalue weighted by molar-refractivity contribution is 7.93. The summed E-state index contributed by atoms with van der Waals surface area (Å²) in [6, 6.07) is 0. The fourth-order valence-electron chi connectivity index (χ4n) is 0.765. The summed E-state index contributed by atoms with van der Waals surface area (Å²) in [6.45, 7) is 2.20. The molecule has 0 aliphatic heterocycles. The van der Waals surface area contributed by atoms with E-state index in [2.05, 4.69) is 6.92 Å². The zero-order chi connectivity index (χ0) is 6.95. The molecule has 0 aliphatic carbocycles. The molecule has 0 aromatic rings. The molecule has 0 N–H and O–H groups in total. The summed E-state index contributed by atoms with van der Waals surface area (Å²) in [5.41, 5.74) is 0. The Hall–Kier alpha value is 0.310. The Morgan fingerprint density at radius 1 is 1.11 bits per heavy atom. The molecule has 9 heavy (non-hydrogen) atoms. The quantitative estimate of drug-likeness (QED) is 0.417. The third-order valence-corrected chi connectivity index (χ3v) is 1.79. The number of hydrogen-bond donors (Lipinski definition) is 0. The van der Waals surface area contributed by atoms with Crippen molar-refractivity contribution in [2.45, 2.75) is 39.0 Å². The Bertz CT molecular complexity index is 42.2. The largest absolute Gasteiger partial charge is 0.151 e. The van der Waals surface area contributed by atoms with Gasteiger partial charge in [0.05, 0.1) is 0 Å². The van der Waals surface area contributed by atoms with Crippen LogP contribution in [0.5, 0.6) is 0 Å². The monoisotopic (exact) mass is 147 g/mol. The van der Waals surface area contributed by atoms with Gasteiger partial charge in [0.2, 0.25) is 0 Å². The van der Waals surface area contributed by atoms with Gasteiger partial charge in [0.25, 0.3) is 0 Å². The lowest BCUT2D eigenvalue weighted by Crippen LogP contribution is -1.79. The van der Waals surface area contributed by atoms with Crippen LogP contribution in [0.2, 0.25) is 0 Å². The molecule has 0 atom stereocenters. The number of hydrogen-bond acceptors (Lipinski definition) is 1. The molecule has 0 saturated heterocycles. The standard InChI is InChI=1S/C7H15OS/c1-2-3-4-5-6-7-9-8/h2-7H2,1H3. The smallest absolute Gasteiger partial charge is 0.0326 e. The third kappa shape index (κ3) is 8.31. The van der Waals surface area contributed by atoms with Gasteiger partial charge in [-0.2, -0.15) is 4.55 Å². The highest BCUT2D eigenvalue weighted by Crippen LogP contribution is 2.05. The average Bonchev–Trinajstić information content (AvgIpc) is 1.89. The van der Waals surface area contributed by atoms with E-state index in [0.717, 1.165) is 12.2 Å². The van der Waals surface area contributed by atoms with Crippen LogP contribution in [0.4, 0.5) is 0 Å². The second-order valence-electron chi connectivity index (χ2n) is 2.24. The van der Waals surface area contributed by atoms with Crippen molar-refractivity contribution in [3.63, 3.8) is 0 Å². The predicted octanol–water partition coefficient (Wildman–Crippen LogP) is 3.04. The van der Waals surface area contributed by atoms with Crippen LogP contribution in [0.1, 0.15) is 39.0 Å².